The quantitative estimate of drug-likeness (QED) is 0.627. The fourth-order valence-electron chi connectivity index (χ4n) is 2.35. The molecule has 0 aromatic heterocycles. The van der Waals surface area contributed by atoms with Crippen molar-refractivity contribution >= 4 is 5.97 Å². The van der Waals surface area contributed by atoms with Gasteiger partial charge in [0.15, 0.2) is 0 Å². The van der Waals surface area contributed by atoms with Crippen molar-refractivity contribution in [3.05, 3.63) is 0 Å². The first-order valence-corrected chi connectivity index (χ1v) is 7.14. The van der Waals surface area contributed by atoms with E-state index in [1.165, 1.54) is 0 Å². The van der Waals surface area contributed by atoms with Crippen molar-refractivity contribution in [3.8, 4) is 0 Å². The first-order valence-electron chi connectivity index (χ1n) is 7.14. The smallest absolute Gasteiger partial charge is 0.323 e. The Morgan fingerprint density at radius 3 is 2.79 bits per heavy atom. The number of hydrogen-bond acceptors (Lipinski definition) is 4. The zero-order valence-corrected chi connectivity index (χ0v) is 12.3. The largest absolute Gasteiger partial charge is 0.480 e. The maximum atomic E-state index is 11.3. The molecule has 0 amide bonds. The fourth-order valence-corrected chi connectivity index (χ4v) is 2.35. The number of carboxylic acid groups (broad SMARTS) is 1. The van der Waals surface area contributed by atoms with Crippen molar-refractivity contribution in [2.24, 2.45) is 0 Å². The Labute approximate surface area is 115 Å². The molecule has 19 heavy (non-hydrogen) atoms. The SMILES string of the molecule is CC(C)NC(C)(CCCCOC1CCOC1)C(=O)O. The van der Waals surface area contributed by atoms with Gasteiger partial charge in [0, 0.05) is 19.3 Å². The molecule has 0 spiro atoms. The molecule has 1 aliphatic heterocycles. The zero-order chi connectivity index (χ0) is 14.3. The number of carboxylic acids is 1. The van der Waals surface area contributed by atoms with E-state index in [4.69, 9.17) is 9.47 Å². The Balaban J connectivity index is 2.18. The van der Waals surface area contributed by atoms with E-state index in [-0.39, 0.29) is 12.1 Å². The average molecular weight is 273 g/mol. The van der Waals surface area contributed by atoms with Crippen LogP contribution in [-0.4, -0.2) is 48.6 Å². The van der Waals surface area contributed by atoms with E-state index in [1.807, 2.05) is 13.8 Å². The van der Waals surface area contributed by atoms with Crippen LogP contribution < -0.4 is 5.32 Å². The standard InChI is InChI=1S/C14H27NO4/c1-11(2)15-14(3,13(16)17)7-4-5-8-19-12-6-9-18-10-12/h11-12,15H,4-10H2,1-3H3,(H,16,17). The predicted molar refractivity (Wildman–Crippen MR) is 73.3 cm³/mol. The Morgan fingerprint density at radius 2 is 2.26 bits per heavy atom. The second-order valence-corrected chi connectivity index (χ2v) is 5.75. The molecule has 0 aromatic rings. The van der Waals surface area contributed by atoms with Crippen molar-refractivity contribution in [1.29, 1.82) is 0 Å². The first kappa shape index (κ1) is 16.4. The van der Waals surface area contributed by atoms with Gasteiger partial charge >= 0.3 is 5.97 Å². The molecule has 2 unspecified atom stereocenters. The minimum absolute atomic E-state index is 0.160. The van der Waals surface area contributed by atoms with Gasteiger partial charge < -0.3 is 14.6 Å². The molecular formula is C14H27NO4. The molecule has 0 aliphatic carbocycles. The lowest BCUT2D eigenvalue weighted by molar-refractivity contribution is -0.144. The number of unbranched alkanes of at least 4 members (excludes halogenated alkanes) is 1. The van der Waals surface area contributed by atoms with Crippen LogP contribution in [-0.2, 0) is 14.3 Å². The summed E-state index contributed by atoms with van der Waals surface area (Å²) in [4.78, 5) is 11.3. The third-order valence-electron chi connectivity index (χ3n) is 3.39. The predicted octanol–water partition coefficient (Wildman–Crippen LogP) is 1.80. The number of hydrogen-bond donors (Lipinski definition) is 2. The van der Waals surface area contributed by atoms with Crippen molar-refractivity contribution in [3.63, 3.8) is 0 Å². The van der Waals surface area contributed by atoms with Gasteiger partial charge in [-0.2, -0.15) is 0 Å². The van der Waals surface area contributed by atoms with Crippen LogP contribution in [0.2, 0.25) is 0 Å². The molecule has 0 saturated carbocycles. The Hall–Kier alpha value is -0.650. The summed E-state index contributed by atoms with van der Waals surface area (Å²) >= 11 is 0. The third kappa shape index (κ3) is 5.89. The van der Waals surface area contributed by atoms with Gasteiger partial charge in [-0.3, -0.25) is 10.1 Å². The summed E-state index contributed by atoms with van der Waals surface area (Å²) in [6.45, 7) is 7.85. The molecule has 2 atom stereocenters. The highest BCUT2D eigenvalue weighted by molar-refractivity contribution is 5.78. The molecule has 1 rings (SSSR count). The van der Waals surface area contributed by atoms with E-state index >= 15 is 0 Å². The second kappa shape index (κ2) is 7.82. The summed E-state index contributed by atoms with van der Waals surface area (Å²) in [6.07, 6.45) is 3.56. The zero-order valence-electron chi connectivity index (χ0n) is 12.3. The lowest BCUT2D eigenvalue weighted by Gasteiger charge is -2.28. The highest BCUT2D eigenvalue weighted by Crippen LogP contribution is 2.16. The minimum atomic E-state index is -0.843. The number of carbonyl (C=O) groups is 1. The molecule has 1 aliphatic rings. The maximum absolute atomic E-state index is 11.3. The summed E-state index contributed by atoms with van der Waals surface area (Å²) < 4.78 is 10.9. The van der Waals surface area contributed by atoms with Gasteiger partial charge in [0.1, 0.15) is 5.54 Å². The van der Waals surface area contributed by atoms with E-state index in [1.54, 1.807) is 6.92 Å². The van der Waals surface area contributed by atoms with Crippen molar-refractivity contribution in [2.45, 2.75) is 64.1 Å². The molecular weight excluding hydrogens is 246 g/mol. The van der Waals surface area contributed by atoms with Gasteiger partial charge in [-0.15, -0.1) is 0 Å². The Kier molecular flexibility index (Phi) is 6.75. The molecule has 1 saturated heterocycles. The summed E-state index contributed by atoms with van der Waals surface area (Å²) in [6, 6.07) is 0.160. The Bertz CT molecular complexity index is 277. The summed E-state index contributed by atoms with van der Waals surface area (Å²) in [7, 11) is 0. The van der Waals surface area contributed by atoms with Gasteiger partial charge in [0.05, 0.1) is 12.7 Å². The molecule has 1 heterocycles. The number of nitrogens with one attached hydrogen (secondary N) is 1. The lowest BCUT2D eigenvalue weighted by atomic mass is 9.94. The summed E-state index contributed by atoms with van der Waals surface area (Å²) in [5.74, 6) is -0.786. The fraction of sp³-hybridized carbons (Fsp3) is 0.929. The molecule has 5 nitrogen and oxygen atoms in total. The average Bonchev–Trinajstić information content (AvgIpc) is 2.80. The molecule has 5 heteroatoms. The highest BCUT2D eigenvalue weighted by atomic mass is 16.5. The third-order valence-corrected chi connectivity index (χ3v) is 3.39. The topological polar surface area (TPSA) is 67.8 Å². The van der Waals surface area contributed by atoms with Crippen LogP contribution in [0.15, 0.2) is 0 Å². The lowest BCUT2D eigenvalue weighted by Crippen LogP contribution is -2.52. The van der Waals surface area contributed by atoms with Gasteiger partial charge in [0.25, 0.3) is 0 Å². The molecule has 0 bridgehead atoms. The minimum Gasteiger partial charge on any atom is -0.480 e. The molecule has 2 N–H and O–H groups in total. The van der Waals surface area contributed by atoms with Crippen LogP contribution in [0.3, 0.4) is 0 Å². The van der Waals surface area contributed by atoms with Crippen molar-refractivity contribution < 1.29 is 19.4 Å². The van der Waals surface area contributed by atoms with E-state index in [0.29, 0.717) is 19.6 Å². The van der Waals surface area contributed by atoms with Crippen molar-refractivity contribution in [2.75, 3.05) is 19.8 Å². The Morgan fingerprint density at radius 1 is 1.53 bits per heavy atom. The van der Waals surface area contributed by atoms with E-state index < -0.39 is 11.5 Å². The molecule has 0 aromatic carbocycles. The van der Waals surface area contributed by atoms with E-state index in [2.05, 4.69) is 5.32 Å². The molecule has 0 radical (unpaired) electrons. The molecule has 112 valence electrons. The highest BCUT2D eigenvalue weighted by Gasteiger charge is 2.32. The monoisotopic (exact) mass is 273 g/mol. The first-order chi connectivity index (χ1) is 8.94. The van der Waals surface area contributed by atoms with Crippen molar-refractivity contribution in [1.82, 2.24) is 5.32 Å². The van der Waals surface area contributed by atoms with E-state index in [9.17, 15) is 9.90 Å². The van der Waals surface area contributed by atoms with Gasteiger partial charge in [0.2, 0.25) is 0 Å². The van der Waals surface area contributed by atoms with Gasteiger partial charge in [-0.1, -0.05) is 0 Å². The van der Waals surface area contributed by atoms with Crippen LogP contribution in [0.5, 0.6) is 0 Å². The normalized spacial score (nSPS) is 22.6. The number of aliphatic carboxylic acids is 1. The van der Waals surface area contributed by atoms with Crippen LogP contribution in [0.4, 0.5) is 0 Å². The molecule has 1 fully saturated rings. The van der Waals surface area contributed by atoms with Gasteiger partial charge in [-0.05, 0) is 46.5 Å². The van der Waals surface area contributed by atoms with E-state index in [0.717, 1.165) is 25.9 Å². The van der Waals surface area contributed by atoms with Crippen LogP contribution in [0, 0.1) is 0 Å². The second-order valence-electron chi connectivity index (χ2n) is 5.75. The summed E-state index contributed by atoms with van der Waals surface area (Å²) in [5, 5.41) is 12.4. The van der Waals surface area contributed by atoms with Crippen LogP contribution in [0.1, 0.15) is 46.5 Å². The number of ether oxygens (including phenoxy) is 2. The summed E-state index contributed by atoms with van der Waals surface area (Å²) in [5.41, 5.74) is -0.843. The van der Waals surface area contributed by atoms with Gasteiger partial charge in [-0.25, -0.2) is 0 Å². The maximum Gasteiger partial charge on any atom is 0.323 e. The number of rotatable bonds is 9. The van der Waals surface area contributed by atoms with Crippen LogP contribution >= 0.6 is 0 Å². The van der Waals surface area contributed by atoms with Crippen LogP contribution in [0.25, 0.3) is 0 Å².